The van der Waals surface area contributed by atoms with E-state index in [2.05, 4.69) is 14.7 Å². The number of methoxy groups -OCH3 is 1. The van der Waals surface area contributed by atoms with Crippen LogP contribution in [0.4, 0.5) is 0 Å². The van der Waals surface area contributed by atoms with E-state index in [1.807, 2.05) is 0 Å². The molecule has 0 fully saturated rings. The molecule has 0 radical (unpaired) electrons. The monoisotopic (exact) mass is 279 g/mol. The summed E-state index contributed by atoms with van der Waals surface area (Å²) in [5.41, 5.74) is 0. The number of hydrogen-bond acceptors (Lipinski definition) is 7. The minimum absolute atomic E-state index is 0.0464. The Morgan fingerprint density at radius 3 is 2.82 bits per heavy atom. The smallest absolute Gasteiger partial charge is 0.229 e. The molecule has 0 unspecified atom stereocenters. The third kappa shape index (κ3) is 4.36. The summed E-state index contributed by atoms with van der Waals surface area (Å²) >= 11 is 0.803. The molecule has 1 amide bonds. The molecule has 0 aromatic carbocycles. The van der Waals surface area contributed by atoms with Crippen molar-refractivity contribution < 1.29 is 17.9 Å². The van der Waals surface area contributed by atoms with Gasteiger partial charge in [-0.2, -0.15) is 4.37 Å². The highest BCUT2D eigenvalue weighted by molar-refractivity contribution is 7.93. The maximum absolute atomic E-state index is 11.7. The first-order valence-corrected chi connectivity index (χ1v) is 7.17. The number of hydrogen-bond donors (Lipinski definition) is 1. The van der Waals surface area contributed by atoms with Gasteiger partial charge in [-0.25, -0.2) is 13.4 Å². The first-order chi connectivity index (χ1) is 7.95. The first-order valence-electron chi connectivity index (χ1n) is 4.74. The van der Waals surface area contributed by atoms with Crippen LogP contribution in [0.5, 0.6) is 0 Å². The highest BCUT2D eigenvalue weighted by Crippen LogP contribution is 2.13. The quantitative estimate of drug-likeness (QED) is 0.760. The topological polar surface area (TPSA) is 98.3 Å². The third-order valence-corrected chi connectivity index (χ3v) is 4.63. The number of ether oxygens (including phenoxy) is 1. The zero-order valence-corrected chi connectivity index (χ0v) is 11.1. The molecule has 9 heteroatoms. The Balaban J connectivity index is 2.70. The molecule has 1 aromatic heterocycles. The summed E-state index contributed by atoms with van der Waals surface area (Å²) in [5, 5.41) is 2.49. The van der Waals surface area contributed by atoms with Crippen LogP contribution in [0, 0.1) is 0 Å². The Kier molecular flexibility index (Phi) is 4.97. The maximum Gasteiger partial charge on any atom is 0.229 e. The molecular weight excluding hydrogens is 266 g/mol. The maximum atomic E-state index is 11.7. The number of nitrogens with one attached hydrogen (secondary N) is 1. The van der Waals surface area contributed by atoms with Crippen LogP contribution in [0.25, 0.3) is 0 Å². The number of nitrogens with zero attached hydrogens (tertiary/aromatic N) is 2. The first kappa shape index (κ1) is 14.0. The number of carbonyl (C=O) groups is 1. The zero-order valence-electron chi connectivity index (χ0n) is 9.47. The van der Waals surface area contributed by atoms with E-state index in [0.29, 0.717) is 5.82 Å². The van der Waals surface area contributed by atoms with Crippen molar-refractivity contribution in [2.45, 2.75) is 17.8 Å². The van der Waals surface area contributed by atoms with Gasteiger partial charge in [0.25, 0.3) is 0 Å². The molecule has 7 nitrogen and oxygen atoms in total. The molecule has 1 aromatic rings. The van der Waals surface area contributed by atoms with Gasteiger partial charge in [-0.1, -0.05) is 0 Å². The predicted octanol–water partition coefficient (Wildman–Crippen LogP) is -0.406. The fraction of sp³-hybridized carbons (Fsp3) is 0.625. The van der Waals surface area contributed by atoms with Crippen molar-refractivity contribution >= 4 is 27.3 Å². The van der Waals surface area contributed by atoms with Crippen molar-refractivity contribution in [3.8, 4) is 0 Å². The van der Waals surface area contributed by atoms with Crippen molar-refractivity contribution in [2.75, 3.05) is 19.5 Å². The fourth-order valence-corrected chi connectivity index (χ4v) is 2.98. The van der Waals surface area contributed by atoms with Crippen LogP contribution < -0.4 is 5.32 Å². The van der Waals surface area contributed by atoms with Crippen LogP contribution in [0.2, 0.25) is 0 Å². The zero-order chi connectivity index (χ0) is 12.9. The van der Waals surface area contributed by atoms with Crippen molar-refractivity contribution in [3.63, 3.8) is 0 Å². The average Bonchev–Trinajstić information content (AvgIpc) is 2.73. The van der Waals surface area contributed by atoms with Gasteiger partial charge in [-0.15, -0.1) is 0 Å². The van der Waals surface area contributed by atoms with E-state index in [-0.39, 0.29) is 29.2 Å². The summed E-state index contributed by atoms with van der Waals surface area (Å²) in [6.45, 7) is 1.61. The van der Waals surface area contributed by atoms with Gasteiger partial charge in [0.1, 0.15) is 0 Å². The largest absolute Gasteiger partial charge is 0.384 e. The van der Waals surface area contributed by atoms with E-state index in [4.69, 9.17) is 4.74 Å². The number of rotatable bonds is 6. The average molecular weight is 279 g/mol. The molecule has 17 heavy (non-hydrogen) atoms. The van der Waals surface area contributed by atoms with E-state index < -0.39 is 9.84 Å². The SMILES string of the molecule is COCCS(=O)(=O)c1nc(CNC(C)=O)ns1. The molecule has 0 aliphatic carbocycles. The van der Waals surface area contributed by atoms with E-state index in [0.717, 1.165) is 11.5 Å². The number of amides is 1. The van der Waals surface area contributed by atoms with E-state index in [1.54, 1.807) is 0 Å². The lowest BCUT2D eigenvalue weighted by atomic mass is 10.6. The molecule has 1 N–H and O–H groups in total. The third-order valence-electron chi connectivity index (χ3n) is 1.77. The summed E-state index contributed by atoms with van der Waals surface area (Å²) in [6.07, 6.45) is 0. The van der Waals surface area contributed by atoms with Gasteiger partial charge in [0.15, 0.2) is 5.82 Å². The Morgan fingerprint density at radius 1 is 1.53 bits per heavy atom. The van der Waals surface area contributed by atoms with Gasteiger partial charge < -0.3 is 10.1 Å². The molecule has 1 heterocycles. The standard InChI is InChI=1S/C8H13N3O4S2/c1-6(12)9-5-7-10-8(16-11-7)17(13,14)4-3-15-2/h3-5H2,1-2H3,(H,9,12). The molecule has 1 rings (SSSR count). The molecule has 0 bridgehead atoms. The highest BCUT2D eigenvalue weighted by atomic mass is 32.2. The highest BCUT2D eigenvalue weighted by Gasteiger charge is 2.19. The van der Waals surface area contributed by atoms with Crippen molar-refractivity contribution in [2.24, 2.45) is 0 Å². The predicted molar refractivity (Wildman–Crippen MR) is 61.4 cm³/mol. The van der Waals surface area contributed by atoms with Crippen LogP contribution in [-0.2, 0) is 25.9 Å². The lowest BCUT2D eigenvalue weighted by Crippen LogP contribution is -2.19. The number of carbonyl (C=O) groups excluding carboxylic acids is 1. The van der Waals surface area contributed by atoms with Gasteiger partial charge in [0.2, 0.25) is 20.1 Å². The van der Waals surface area contributed by atoms with Gasteiger partial charge in [-0.3, -0.25) is 4.79 Å². The molecule has 0 aliphatic rings. The summed E-state index contributed by atoms with van der Waals surface area (Å²) in [4.78, 5) is 14.5. The van der Waals surface area contributed by atoms with E-state index in [1.165, 1.54) is 14.0 Å². The van der Waals surface area contributed by atoms with Crippen LogP contribution in [0.1, 0.15) is 12.7 Å². The minimum atomic E-state index is -3.43. The van der Waals surface area contributed by atoms with Crippen molar-refractivity contribution in [3.05, 3.63) is 5.82 Å². The lowest BCUT2D eigenvalue weighted by molar-refractivity contribution is -0.119. The van der Waals surface area contributed by atoms with Gasteiger partial charge in [0.05, 0.1) is 18.9 Å². The normalized spacial score (nSPS) is 11.4. The van der Waals surface area contributed by atoms with Crippen molar-refractivity contribution in [1.82, 2.24) is 14.7 Å². The summed E-state index contributed by atoms with van der Waals surface area (Å²) in [5.74, 6) is -0.0528. The van der Waals surface area contributed by atoms with Crippen LogP contribution in [0.15, 0.2) is 4.34 Å². The molecule has 96 valence electrons. The lowest BCUT2D eigenvalue weighted by Gasteiger charge is -1.98. The van der Waals surface area contributed by atoms with Crippen LogP contribution in [0.3, 0.4) is 0 Å². The Labute approximate surface area is 103 Å². The number of aromatic nitrogens is 2. The second-order valence-electron chi connectivity index (χ2n) is 3.20. The van der Waals surface area contributed by atoms with Crippen LogP contribution in [-0.4, -0.2) is 43.2 Å². The summed E-state index contributed by atoms with van der Waals surface area (Å²) in [7, 11) is -2.00. The fourth-order valence-electron chi connectivity index (χ4n) is 0.920. The second kappa shape index (κ2) is 6.03. The Hall–Kier alpha value is -1.06. The molecular formula is C8H13N3O4S2. The summed E-state index contributed by atoms with van der Waals surface area (Å²) < 4.78 is 31.9. The minimum Gasteiger partial charge on any atom is -0.384 e. The van der Waals surface area contributed by atoms with Gasteiger partial charge in [-0.05, 0) is 11.5 Å². The number of sulfone groups is 1. The van der Waals surface area contributed by atoms with E-state index in [9.17, 15) is 13.2 Å². The van der Waals surface area contributed by atoms with Gasteiger partial charge in [0, 0.05) is 14.0 Å². The second-order valence-corrected chi connectivity index (χ2v) is 6.23. The molecule has 0 saturated heterocycles. The van der Waals surface area contributed by atoms with Crippen molar-refractivity contribution in [1.29, 1.82) is 0 Å². The molecule has 0 spiro atoms. The molecule has 0 saturated carbocycles. The molecule has 0 aliphatic heterocycles. The summed E-state index contributed by atoms with van der Waals surface area (Å²) in [6, 6.07) is 0. The Morgan fingerprint density at radius 2 is 2.24 bits per heavy atom. The van der Waals surface area contributed by atoms with Gasteiger partial charge >= 0.3 is 0 Å². The van der Waals surface area contributed by atoms with Crippen LogP contribution >= 0.6 is 11.5 Å². The molecule has 0 atom stereocenters. The Bertz CT molecular complexity index is 483. The van der Waals surface area contributed by atoms with E-state index >= 15 is 0 Å².